The van der Waals surface area contributed by atoms with Gasteiger partial charge in [0.05, 0.1) is 6.04 Å². The largest absolute Gasteiger partial charge is 0.397 e. The summed E-state index contributed by atoms with van der Waals surface area (Å²) in [6, 6.07) is 23.4. The number of aliphatic hydroxyl groups excluding tert-OH is 1. The molecule has 0 saturated carbocycles. The molecule has 0 bridgehead atoms. The molecule has 6 nitrogen and oxygen atoms in total. The number of imidazole rings is 1. The van der Waals surface area contributed by atoms with Crippen molar-refractivity contribution in [1.29, 1.82) is 0 Å². The van der Waals surface area contributed by atoms with Gasteiger partial charge in [0.2, 0.25) is 0 Å². The summed E-state index contributed by atoms with van der Waals surface area (Å²) in [5.74, 6) is -1.16. The van der Waals surface area contributed by atoms with Gasteiger partial charge < -0.3 is 19.4 Å². The van der Waals surface area contributed by atoms with E-state index in [1.54, 1.807) is 6.20 Å². The van der Waals surface area contributed by atoms with E-state index in [4.69, 9.17) is 9.41 Å². The molecular weight excluding hydrogens is 528 g/mol. The minimum absolute atomic E-state index is 0.235. The van der Waals surface area contributed by atoms with Crippen molar-refractivity contribution >= 4 is 30.4 Å². The standard InChI is InChI=1S/C31H33F2N3O3Si/c1-20(37)30(38)35-28-19-36-26(21-15-22(32)17-23(33)16-21)18-27(29(36)34-28)39-40(31(2,3)4,24-11-7-5-8-12-24)25-13-9-6-10-14-25/h5-17,19-20,26-27,37H,18H2,1-4H3,(H,35,38). The number of carbonyl (C=O) groups is 1. The van der Waals surface area contributed by atoms with Crippen molar-refractivity contribution in [3.05, 3.63) is 108 Å². The van der Waals surface area contributed by atoms with Gasteiger partial charge in [0, 0.05) is 18.7 Å². The fraction of sp³-hybridized carbons (Fsp3) is 0.290. The molecule has 40 heavy (non-hydrogen) atoms. The first kappa shape index (κ1) is 27.9. The molecule has 3 unspecified atom stereocenters. The molecule has 1 aliphatic rings. The number of carbonyl (C=O) groups excluding carboxylic acids is 1. The molecule has 0 spiro atoms. The van der Waals surface area contributed by atoms with E-state index >= 15 is 0 Å². The van der Waals surface area contributed by atoms with Crippen LogP contribution in [0.25, 0.3) is 0 Å². The topological polar surface area (TPSA) is 76.4 Å². The summed E-state index contributed by atoms with van der Waals surface area (Å²) in [4.78, 5) is 17.0. The van der Waals surface area contributed by atoms with E-state index in [0.717, 1.165) is 16.4 Å². The van der Waals surface area contributed by atoms with Gasteiger partial charge in [0.15, 0.2) is 5.82 Å². The van der Waals surface area contributed by atoms with E-state index in [-0.39, 0.29) is 10.9 Å². The van der Waals surface area contributed by atoms with Gasteiger partial charge in [-0.1, -0.05) is 81.4 Å². The Balaban J connectivity index is 1.66. The number of halogens is 2. The fourth-order valence-electron chi connectivity index (χ4n) is 5.68. The lowest BCUT2D eigenvalue weighted by molar-refractivity contribution is -0.123. The Kier molecular flexibility index (Phi) is 7.47. The molecule has 1 aromatic heterocycles. The first-order valence-electron chi connectivity index (χ1n) is 13.3. The highest BCUT2D eigenvalue weighted by molar-refractivity contribution is 6.99. The van der Waals surface area contributed by atoms with Gasteiger partial charge >= 0.3 is 0 Å². The number of nitrogens with one attached hydrogen (secondary N) is 1. The molecule has 0 radical (unpaired) electrons. The molecule has 0 aliphatic carbocycles. The maximum Gasteiger partial charge on any atom is 0.262 e. The molecule has 5 rings (SSSR count). The quantitative estimate of drug-likeness (QED) is 0.308. The number of hydrogen-bond acceptors (Lipinski definition) is 4. The monoisotopic (exact) mass is 561 g/mol. The Morgan fingerprint density at radius 3 is 2.08 bits per heavy atom. The summed E-state index contributed by atoms with van der Waals surface area (Å²) in [5, 5.41) is 14.2. The number of nitrogens with zero attached hydrogens (tertiary/aromatic N) is 2. The van der Waals surface area contributed by atoms with Gasteiger partial charge in [-0.3, -0.25) is 4.79 Å². The van der Waals surface area contributed by atoms with Crippen LogP contribution in [0.15, 0.2) is 85.1 Å². The van der Waals surface area contributed by atoms with Crippen molar-refractivity contribution in [1.82, 2.24) is 9.55 Å². The molecular formula is C31H33F2N3O3Si. The van der Waals surface area contributed by atoms with Gasteiger partial charge in [0.1, 0.15) is 29.7 Å². The van der Waals surface area contributed by atoms with Crippen LogP contribution in [0.1, 0.15) is 57.6 Å². The second kappa shape index (κ2) is 10.7. The van der Waals surface area contributed by atoms with Crippen LogP contribution < -0.4 is 15.7 Å². The lowest BCUT2D eigenvalue weighted by Gasteiger charge is -2.44. The maximum atomic E-state index is 14.3. The number of aromatic nitrogens is 2. The summed E-state index contributed by atoms with van der Waals surface area (Å²) in [6.07, 6.45) is 0.270. The Morgan fingerprint density at radius 2 is 1.57 bits per heavy atom. The highest BCUT2D eigenvalue weighted by atomic mass is 28.4. The van der Waals surface area contributed by atoms with Crippen LogP contribution >= 0.6 is 0 Å². The van der Waals surface area contributed by atoms with Crippen LogP contribution in [-0.2, 0) is 9.22 Å². The molecule has 0 saturated heterocycles. The first-order valence-corrected chi connectivity index (χ1v) is 15.2. The lowest BCUT2D eigenvalue weighted by Crippen LogP contribution is -2.66. The molecule has 4 aromatic rings. The minimum Gasteiger partial charge on any atom is -0.397 e. The third-order valence-electron chi connectivity index (χ3n) is 7.46. The van der Waals surface area contributed by atoms with E-state index in [2.05, 4.69) is 50.4 Å². The average Bonchev–Trinajstić information content (AvgIpc) is 3.46. The normalized spacial score (nSPS) is 17.9. The molecule has 0 fully saturated rings. The highest BCUT2D eigenvalue weighted by Crippen LogP contribution is 2.46. The fourth-order valence-corrected chi connectivity index (χ4v) is 10.3. The summed E-state index contributed by atoms with van der Waals surface area (Å²) in [5.41, 5.74) is 0.443. The molecule has 2 heterocycles. The zero-order valence-electron chi connectivity index (χ0n) is 22.9. The number of fused-ring (bicyclic) bond motifs is 1. The Hall–Kier alpha value is -3.66. The third kappa shape index (κ3) is 5.12. The van der Waals surface area contributed by atoms with E-state index in [1.165, 1.54) is 19.1 Å². The molecule has 208 valence electrons. The average molecular weight is 562 g/mol. The molecule has 2 N–H and O–H groups in total. The van der Waals surface area contributed by atoms with Crippen molar-refractivity contribution in [2.75, 3.05) is 5.32 Å². The second-order valence-electron chi connectivity index (χ2n) is 11.3. The Morgan fingerprint density at radius 1 is 1.02 bits per heavy atom. The van der Waals surface area contributed by atoms with Crippen LogP contribution in [0, 0.1) is 11.6 Å². The van der Waals surface area contributed by atoms with Crippen LogP contribution in [0.3, 0.4) is 0 Å². The third-order valence-corrected chi connectivity index (χ3v) is 12.5. The second-order valence-corrected chi connectivity index (χ2v) is 15.5. The van der Waals surface area contributed by atoms with Crippen molar-refractivity contribution in [2.45, 2.75) is 57.4 Å². The van der Waals surface area contributed by atoms with Crippen molar-refractivity contribution in [3.8, 4) is 0 Å². The zero-order chi connectivity index (χ0) is 28.7. The molecule has 3 atom stereocenters. The predicted octanol–water partition coefficient (Wildman–Crippen LogP) is 5.09. The molecule has 1 amide bonds. The molecule has 3 aromatic carbocycles. The van der Waals surface area contributed by atoms with Crippen LogP contribution in [0.5, 0.6) is 0 Å². The molecule has 1 aliphatic heterocycles. The van der Waals surface area contributed by atoms with E-state index in [9.17, 15) is 18.7 Å². The minimum atomic E-state index is -3.00. The lowest BCUT2D eigenvalue weighted by atomic mass is 10.0. The first-order chi connectivity index (χ1) is 19.0. The van der Waals surface area contributed by atoms with Crippen molar-refractivity contribution in [3.63, 3.8) is 0 Å². The van der Waals surface area contributed by atoms with Crippen LogP contribution in [0.2, 0.25) is 5.04 Å². The van der Waals surface area contributed by atoms with Gasteiger partial charge in [-0.2, -0.15) is 0 Å². The zero-order valence-corrected chi connectivity index (χ0v) is 23.9. The van der Waals surface area contributed by atoms with Gasteiger partial charge in [0.25, 0.3) is 14.2 Å². The predicted molar refractivity (Wildman–Crippen MR) is 153 cm³/mol. The summed E-state index contributed by atoms with van der Waals surface area (Å²) in [7, 11) is -3.00. The van der Waals surface area contributed by atoms with Crippen molar-refractivity contribution in [2.24, 2.45) is 0 Å². The highest BCUT2D eigenvalue weighted by Gasteiger charge is 2.53. The number of hydrogen-bond donors (Lipinski definition) is 2. The van der Waals surface area contributed by atoms with Crippen LogP contribution in [-0.4, -0.2) is 35.0 Å². The van der Waals surface area contributed by atoms with E-state index in [1.807, 2.05) is 41.0 Å². The number of amides is 1. The summed E-state index contributed by atoms with van der Waals surface area (Å²) in [6.45, 7) is 7.89. The number of rotatable bonds is 7. The Labute approximate surface area is 233 Å². The van der Waals surface area contributed by atoms with E-state index < -0.39 is 44.1 Å². The van der Waals surface area contributed by atoms with Gasteiger partial charge in [-0.15, -0.1) is 0 Å². The van der Waals surface area contributed by atoms with Crippen molar-refractivity contribution < 1.29 is 23.1 Å². The number of aliphatic hydroxyl groups is 1. The van der Waals surface area contributed by atoms with Gasteiger partial charge in [-0.05, 0) is 40.0 Å². The number of anilines is 1. The summed E-state index contributed by atoms with van der Waals surface area (Å²) >= 11 is 0. The number of benzene rings is 3. The molecule has 9 heteroatoms. The smallest absolute Gasteiger partial charge is 0.262 e. The van der Waals surface area contributed by atoms with Gasteiger partial charge in [-0.25, -0.2) is 13.8 Å². The summed E-state index contributed by atoms with van der Waals surface area (Å²) < 4.78 is 37.8. The van der Waals surface area contributed by atoms with E-state index in [0.29, 0.717) is 17.8 Å². The maximum absolute atomic E-state index is 14.3. The Bertz CT molecular complexity index is 1440. The SMILES string of the molecule is CC(O)C(=O)Nc1cn2c(n1)C(O[Si](c1ccccc1)(c1ccccc1)C(C)(C)C)CC2c1cc(F)cc(F)c1. The van der Waals surface area contributed by atoms with Crippen LogP contribution in [0.4, 0.5) is 14.6 Å².